The van der Waals surface area contributed by atoms with Crippen LogP contribution in [0.25, 0.3) is 0 Å². The molecule has 1 atom stereocenters. The van der Waals surface area contributed by atoms with Crippen molar-refractivity contribution in [1.29, 1.82) is 5.26 Å². The molecule has 4 nitrogen and oxygen atoms in total. The SMILES string of the molecule is CC(C#N)N(C)CCS(=O)(=O)C(C)(C)C. The predicted octanol–water partition coefficient (Wildman–Crippen LogP) is 1.04. The molecule has 0 bridgehead atoms. The maximum atomic E-state index is 11.8. The first-order valence-electron chi connectivity index (χ1n) is 4.94. The number of nitriles is 1. The highest BCUT2D eigenvalue weighted by Crippen LogP contribution is 2.15. The number of rotatable bonds is 4. The van der Waals surface area contributed by atoms with E-state index in [-0.39, 0.29) is 11.8 Å². The summed E-state index contributed by atoms with van der Waals surface area (Å²) in [7, 11) is -1.33. The van der Waals surface area contributed by atoms with E-state index in [1.807, 2.05) is 0 Å². The zero-order valence-electron chi connectivity index (χ0n) is 10.1. The maximum absolute atomic E-state index is 11.8. The lowest BCUT2D eigenvalue weighted by Gasteiger charge is -2.23. The second kappa shape index (κ2) is 4.95. The summed E-state index contributed by atoms with van der Waals surface area (Å²) in [6.07, 6.45) is 0. The Labute approximate surface area is 92.8 Å². The third-order valence-electron chi connectivity index (χ3n) is 2.49. The van der Waals surface area contributed by atoms with Crippen LogP contribution >= 0.6 is 0 Å². The minimum atomic E-state index is -3.09. The normalized spacial score (nSPS) is 15.0. The summed E-state index contributed by atoms with van der Waals surface area (Å²) in [5, 5.41) is 8.65. The summed E-state index contributed by atoms with van der Waals surface area (Å²) in [6.45, 7) is 7.22. The predicted molar refractivity (Wildman–Crippen MR) is 61.2 cm³/mol. The highest BCUT2D eigenvalue weighted by atomic mass is 32.2. The fraction of sp³-hybridized carbons (Fsp3) is 0.900. The smallest absolute Gasteiger partial charge is 0.156 e. The molecule has 0 aromatic heterocycles. The molecule has 0 spiro atoms. The molecule has 0 aliphatic rings. The van der Waals surface area contributed by atoms with Gasteiger partial charge in [0.2, 0.25) is 0 Å². The number of hydrogen-bond donors (Lipinski definition) is 0. The van der Waals surface area contributed by atoms with Gasteiger partial charge in [0.1, 0.15) is 0 Å². The van der Waals surface area contributed by atoms with Gasteiger partial charge in [-0.15, -0.1) is 0 Å². The van der Waals surface area contributed by atoms with Crippen LogP contribution in [0.1, 0.15) is 27.7 Å². The van der Waals surface area contributed by atoms with Crippen LogP contribution in [0.3, 0.4) is 0 Å². The van der Waals surface area contributed by atoms with Gasteiger partial charge in [-0.2, -0.15) is 5.26 Å². The van der Waals surface area contributed by atoms with E-state index in [0.717, 1.165) is 0 Å². The summed E-state index contributed by atoms with van der Waals surface area (Å²) in [6, 6.07) is 1.82. The van der Waals surface area contributed by atoms with Crippen molar-refractivity contribution < 1.29 is 8.42 Å². The van der Waals surface area contributed by atoms with Gasteiger partial charge in [0.05, 0.1) is 22.6 Å². The van der Waals surface area contributed by atoms with Crippen LogP contribution in [0, 0.1) is 11.3 Å². The van der Waals surface area contributed by atoms with Gasteiger partial charge in [-0.1, -0.05) is 0 Å². The molecular formula is C10H20N2O2S. The number of sulfone groups is 1. The molecular weight excluding hydrogens is 212 g/mol. The van der Waals surface area contributed by atoms with Gasteiger partial charge in [0, 0.05) is 6.54 Å². The van der Waals surface area contributed by atoms with Crippen LogP contribution in [0.15, 0.2) is 0 Å². The molecule has 0 aliphatic heterocycles. The zero-order chi connectivity index (χ0) is 12.3. The second-order valence-corrected chi connectivity index (χ2v) is 7.58. The summed E-state index contributed by atoms with van der Waals surface area (Å²) in [5.41, 5.74) is 0. The minimum Gasteiger partial charge on any atom is -0.290 e. The average Bonchev–Trinajstić information content (AvgIpc) is 2.11. The number of hydrogen-bond acceptors (Lipinski definition) is 4. The summed E-state index contributed by atoms with van der Waals surface area (Å²) < 4.78 is 22.8. The molecule has 0 saturated carbocycles. The molecule has 0 aromatic carbocycles. The standard InChI is InChI=1S/C10H20N2O2S/c1-9(8-11)12(5)6-7-15(13,14)10(2,3)4/h9H,6-7H2,1-5H3. The van der Waals surface area contributed by atoms with Gasteiger partial charge in [0.25, 0.3) is 0 Å². The van der Waals surface area contributed by atoms with Crippen LogP contribution in [0.5, 0.6) is 0 Å². The zero-order valence-corrected chi connectivity index (χ0v) is 10.9. The van der Waals surface area contributed by atoms with Crippen LogP contribution in [-0.4, -0.2) is 43.5 Å². The Morgan fingerprint density at radius 3 is 2.20 bits per heavy atom. The molecule has 5 heteroatoms. The fourth-order valence-electron chi connectivity index (χ4n) is 0.863. The Morgan fingerprint density at radius 2 is 1.87 bits per heavy atom. The van der Waals surface area contributed by atoms with E-state index in [2.05, 4.69) is 6.07 Å². The van der Waals surface area contributed by atoms with E-state index < -0.39 is 14.6 Å². The Bertz CT molecular complexity index is 335. The number of nitrogens with zero attached hydrogens (tertiary/aromatic N) is 2. The molecule has 0 aliphatic carbocycles. The topological polar surface area (TPSA) is 61.2 Å². The molecule has 0 saturated heterocycles. The van der Waals surface area contributed by atoms with E-state index in [9.17, 15) is 8.42 Å². The lowest BCUT2D eigenvalue weighted by Crippen LogP contribution is -2.37. The molecule has 0 aromatic rings. The minimum absolute atomic E-state index is 0.0962. The molecule has 0 fully saturated rings. The molecule has 15 heavy (non-hydrogen) atoms. The highest BCUT2D eigenvalue weighted by Gasteiger charge is 2.29. The maximum Gasteiger partial charge on any atom is 0.156 e. The quantitative estimate of drug-likeness (QED) is 0.726. The van der Waals surface area contributed by atoms with Gasteiger partial charge in [-0.05, 0) is 34.7 Å². The molecule has 0 rings (SSSR count). The molecule has 88 valence electrons. The third-order valence-corrected chi connectivity index (χ3v) is 5.08. The first-order valence-corrected chi connectivity index (χ1v) is 6.59. The van der Waals surface area contributed by atoms with Gasteiger partial charge in [-0.25, -0.2) is 8.42 Å². The molecule has 0 amide bonds. The van der Waals surface area contributed by atoms with Crippen molar-refractivity contribution in [1.82, 2.24) is 4.90 Å². The first-order chi connectivity index (χ1) is 6.62. The van der Waals surface area contributed by atoms with Crippen LogP contribution in [-0.2, 0) is 9.84 Å². The van der Waals surface area contributed by atoms with Gasteiger partial charge >= 0.3 is 0 Å². The Kier molecular flexibility index (Phi) is 4.75. The molecule has 0 N–H and O–H groups in total. The van der Waals surface area contributed by atoms with Crippen molar-refractivity contribution in [3.8, 4) is 6.07 Å². The average molecular weight is 232 g/mol. The van der Waals surface area contributed by atoms with E-state index in [1.165, 1.54) is 0 Å². The summed E-state index contributed by atoms with van der Waals surface area (Å²) in [4.78, 5) is 1.74. The second-order valence-electron chi connectivity index (χ2n) is 4.72. The van der Waals surface area contributed by atoms with Crippen LogP contribution < -0.4 is 0 Å². The van der Waals surface area contributed by atoms with E-state index in [0.29, 0.717) is 6.54 Å². The van der Waals surface area contributed by atoms with Crippen molar-refractivity contribution in [2.45, 2.75) is 38.5 Å². The third kappa shape index (κ3) is 4.18. The highest BCUT2D eigenvalue weighted by molar-refractivity contribution is 7.92. The first kappa shape index (κ1) is 14.4. The van der Waals surface area contributed by atoms with Gasteiger partial charge in [-0.3, -0.25) is 4.90 Å². The largest absolute Gasteiger partial charge is 0.290 e. The van der Waals surface area contributed by atoms with Gasteiger partial charge in [0.15, 0.2) is 9.84 Å². The van der Waals surface area contributed by atoms with Crippen molar-refractivity contribution in [3.05, 3.63) is 0 Å². The molecule has 1 unspecified atom stereocenters. The van der Waals surface area contributed by atoms with Crippen LogP contribution in [0.2, 0.25) is 0 Å². The fourth-order valence-corrected chi connectivity index (χ4v) is 2.00. The van der Waals surface area contributed by atoms with Crippen molar-refractivity contribution >= 4 is 9.84 Å². The summed E-state index contributed by atoms with van der Waals surface area (Å²) in [5.74, 6) is 0.0962. The van der Waals surface area contributed by atoms with Crippen molar-refractivity contribution in [2.75, 3.05) is 19.3 Å². The molecule has 0 radical (unpaired) electrons. The lowest BCUT2D eigenvalue weighted by molar-refractivity contribution is 0.319. The lowest BCUT2D eigenvalue weighted by atomic mass is 10.3. The Hall–Kier alpha value is -0.600. The summed E-state index contributed by atoms with van der Waals surface area (Å²) >= 11 is 0. The van der Waals surface area contributed by atoms with Crippen molar-refractivity contribution in [2.24, 2.45) is 0 Å². The van der Waals surface area contributed by atoms with Gasteiger partial charge < -0.3 is 0 Å². The monoisotopic (exact) mass is 232 g/mol. The van der Waals surface area contributed by atoms with E-state index in [1.54, 1.807) is 39.6 Å². The Balaban J connectivity index is 4.37. The molecule has 0 heterocycles. The Morgan fingerprint density at radius 1 is 1.40 bits per heavy atom. The van der Waals surface area contributed by atoms with E-state index in [4.69, 9.17) is 5.26 Å². The van der Waals surface area contributed by atoms with Crippen LogP contribution in [0.4, 0.5) is 0 Å². The van der Waals surface area contributed by atoms with Crippen molar-refractivity contribution in [3.63, 3.8) is 0 Å². The van der Waals surface area contributed by atoms with E-state index >= 15 is 0 Å².